The second kappa shape index (κ2) is 8.39. The molecule has 5 heteroatoms. The molecule has 0 aliphatic heterocycles. The van der Waals surface area contributed by atoms with E-state index in [-0.39, 0.29) is 0 Å². The Kier molecular flexibility index (Phi) is 6.19. The molecule has 0 bridgehead atoms. The molecule has 0 atom stereocenters. The van der Waals surface area contributed by atoms with Crippen molar-refractivity contribution in [3.05, 3.63) is 24.3 Å². The van der Waals surface area contributed by atoms with Gasteiger partial charge >= 0.3 is 0 Å². The van der Waals surface area contributed by atoms with Crippen molar-refractivity contribution in [1.29, 1.82) is 0 Å². The Morgan fingerprint density at radius 1 is 1.10 bits per heavy atom. The van der Waals surface area contributed by atoms with Crippen molar-refractivity contribution in [1.82, 2.24) is 20.2 Å². The first kappa shape index (κ1) is 15.5. The summed E-state index contributed by atoms with van der Waals surface area (Å²) in [5.41, 5.74) is 2.17. The second-order valence-electron chi connectivity index (χ2n) is 5.40. The number of aromatic nitrogens is 4. The molecule has 1 N–H and O–H groups in total. The fourth-order valence-corrected chi connectivity index (χ4v) is 2.38. The monoisotopic (exact) mass is 287 g/mol. The zero-order chi connectivity index (χ0) is 14.9. The summed E-state index contributed by atoms with van der Waals surface area (Å²) in [6.45, 7) is 3.27. The first-order valence-corrected chi connectivity index (χ1v) is 7.88. The average molecular weight is 287 g/mol. The number of unbranched alkanes of at least 4 members (excludes halogenated alkanes) is 5. The Hall–Kier alpha value is -1.91. The molecule has 0 fully saturated rings. The number of nitrogens with zero attached hydrogens (tertiary/aromatic N) is 4. The summed E-state index contributed by atoms with van der Waals surface area (Å²) >= 11 is 0. The van der Waals surface area contributed by atoms with Gasteiger partial charge in [-0.3, -0.25) is 0 Å². The van der Waals surface area contributed by atoms with Crippen LogP contribution in [-0.2, 0) is 7.05 Å². The van der Waals surface area contributed by atoms with Crippen molar-refractivity contribution < 1.29 is 0 Å². The highest BCUT2D eigenvalue weighted by Gasteiger charge is 2.05. The molecule has 0 saturated heterocycles. The molecule has 0 spiro atoms. The van der Waals surface area contributed by atoms with Crippen LogP contribution in [0.2, 0.25) is 0 Å². The lowest BCUT2D eigenvalue weighted by Crippen LogP contribution is -2.02. The minimum absolute atomic E-state index is 0.790. The largest absolute Gasteiger partial charge is 0.385 e. The van der Waals surface area contributed by atoms with Crippen LogP contribution in [0.5, 0.6) is 0 Å². The predicted octanol–water partition coefficient (Wildman–Crippen LogP) is 3.65. The van der Waals surface area contributed by atoms with Gasteiger partial charge in [0.25, 0.3) is 0 Å². The van der Waals surface area contributed by atoms with E-state index in [0.717, 1.165) is 23.6 Å². The summed E-state index contributed by atoms with van der Waals surface area (Å²) < 4.78 is 1.69. The van der Waals surface area contributed by atoms with Crippen LogP contribution in [0, 0.1) is 0 Å². The number of nitrogens with one attached hydrogen (secondary N) is 1. The van der Waals surface area contributed by atoms with Gasteiger partial charge in [-0.05, 0) is 29.0 Å². The first-order chi connectivity index (χ1) is 10.3. The number of tetrazole rings is 1. The van der Waals surface area contributed by atoms with Crippen LogP contribution in [-0.4, -0.2) is 26.8 Å². The Morgan fingerprint density at radius 2 is 1.90 bits per heavy atom. The van der Waals surface area contributed by atoms with Crippen molar-refractivity contribution in [3.63, 3.8) is 0 Å². The van der Waals surface area contributed by atoms with E-state index < -0.39 is 0 Å². The van der Waals surface area contributed by atoms with Crippen molar-refractivity contribution in [2.75, 3.05) is 11.9 Å². The summed E-state index contributed by atoms with van der Waals surface area (Å²) in [6.07, 6.45) is 7.91. The van der Waals surface area contributed by atoms with E-state index in [1.54, 1.807) is 4.68 Å². The van der Waals surface area contributed by atoms with Crippen LogP contribution < -0.4 is 5.32 Å². The van der Waals surface area contributed by atoms with Gasteiger partial charge < -0.3 is 5.32 Å². The predicted molar refractivity (Wildman–Crippen MR) is 86.1 cm³/mol. The topological polar surface area (TPSA) is 55.6 Å². The maximum Gasteiger partial charge on any atom is 0.181 e. The van der Waals surface area contributed by atoms with Crippen molar-refractivity contribution in [2.45, 2.75) is 45.4 Å². The standard InChI is InChI=1S/C16H25N5/c1-3-4-5-6-7-8-12-17-15-11-9-10-14(13-15)16-18-19-20-21(16)2/h9-11,13,17H,3-8,12H2,1-2H3. The second-order valence-corrected chi connectivity index (χ2v) is 5.40. The van der Waals surface area contributed by atoms with Gasteiger partial charge in [-0.2, -0.15) is 0 Å². The third kappa shape index (κ3) is 4.85. The van der Waals surface area contributed by atoms with Crippen molar-refractivity contribution >= 4 is 5.69 Å². The average Bonchev–Trinajstić information content (AvgIpc) is 2.93. The van der Waals surface area contributed by atoms with Crippen molar-refractivity contribution in [3.8, 4) is 11.4 Å². The van der Waals surface area contributed by atoms with Crippen LogP contribution >= 0.6 is 0 Å². The summed E-state index contributed by atoms with van der Waals surface area (Å²) in [7, 11) is 1.85. The van der Waals surface area contributed by atoms with Gasteiger partial charge in [0.15, 0.2) is 5.82 Å². The van der Waals surface area contributed by atoms with Gasteiger partial charge in [0.1, 0.15) is 0 Å². The smallest absolute Gasteiger partial charge is 0.181 e. The Morgan fingerprint density at radius 3 is 2.67 bits per heavy atom. The van der Waals surface area contributed by atoms with Crippen LogP contribution in [0.4, 0.5) is 5.69 Å². The molecule has 0 aliphatic rings. The molecule has 0 saturated carbocycles. The van der Waals surface area contributed by atoms with E-state index in [4.69, 9.17) is 0 Å². The number of hydrogen-bond donors (Lipinski definition) is 1. The Bertz CT molecular complexity index is 535. The highest BCUT2D eigenvalue weighted by atomic mass is 15.5. The molecule has 2 aromatic rings. The number of rotatable bonds is 9. The highest BCUT2D eigenvalue weighted by molar-refractivity contribution is 5.62. The number of benzene rings is 1. The van der Waals surface area contributed by atoms with Crippen LogP contribution in [0.15, 0.2) is 24.3 Å². The van der Waals surface area contributed by atoms with Gasteiger partial charge in [-0.15, -0.1) is 5.10 Å². The SMILES string of the molecule is CCCCCCCCNc1cccc(-c2nnnn2C)c1. The number of hydrogen-bond acceptors (Lipinski definition) is 4. The van der Waals surface area contributed by atoms with Gasteiger partial charge in [0.05, 0.1) is 0 Å². The molecule has 5 nitrogen and oxygen atoms in total. The summed E-state index contributed by atoms with van der Waals surface area (Å²) in [5.74, 6) is 0.790. The summed E-state index contributed by atoms with van der Waals surface area (Å²) in [6, 6.07) is 8.25. The molecule has 0 unspecified atom stereocenters. The zero-order valence-corrected chi connectivity index (χ0v) is 13.0. The molecule has 0 amide bonds. The maximum absolute atomic E-state index is 4.04. The quantitative estimate of drug-likeness (QED) is 0.715. The lowest BCUT2D eigenvalue weighted by molar-refractivity contribution is 0.617. The molecule has 21 heavy (non-hydrogen) atoms. The van der Waals surface area contributed by atoms with Crippen molar-refractivity contribution in [2.24, 2.45) is 7.05 Å². The number of aryl methyl sites for hydroxylation is 1. The summed E-state index contributed by atoms with van der Waals surface area (Å²) in [4.78, 5) is 0. The fourth-order valence-electron chi connectivity index (χ4n) is 2.38. The van der Waals surface area contributed by atoms with Gasteiger partial charge in [0.2, 0.25) is 0 Å². The molecule has 0 aliphatic carbocycles. The maximum atomic E-state index is 4.04. The molecule has 1 aromatic carbocycles. The van der Waals surface area contributed by atoms with E-state index in [1.807, 2.05) is 19.2 Å². The number of anilines is 1. The lowest BCUT2D eigenvalue weighted by atomic mass is 10.1. The van der Waals surface area contributed by atoms with Gasteiger partial charge in [0, 0.05) is 24.8 Å². The minimum Gasteiger partial charge on any atom is -0.385 e. The van der Waals surface area contributed by atoms with Gasteiger partial charge in [-0.25, -0.2) is 4.68 Å². The molecular weight excluding hydrogens is 262 g/mol. The lowest BCUT2D eigenvalue weighted by Gasteiger charge is -2.08. The summed E-state index contributed by atoms with van der Waals surface area (Å²) in [5, 5.41) is 15.1. The third-order valence-corrected chi connectivity index (χ3v) is 3.60. The van der Waals surface area contributed by atoms with Crippen LogP contribution in [0.25, 0.3) is 11.4 Å². The molecule has 2 rings (SSSR count). The van der Waals surface area contributed by atoms with Crippen LogP contribution in [0.1, 0.15) is 45.4 Å². The normalized spacial score (nSPS) is 10.8. The minimum atomic E-state index is 0.790. The Labute approximate surface area is 126 Å². The highest BCUT2D eigenvalue weighted by Crippen LogP contribution is 2.19. The van der Waals surface area contributed by atoms with Gasteiger partial charge in [-0.1, -0.05) is 51.2 Å². The molecule has 114 valence electrons. The zero-order valence-electron chi connectivity index (χ0n) is 13.0. The van der Waals surface area contributed by atoms with E-state index in [9.17, 15) is 0 Å². The van der Waals surface area contributed by atoms with Crippen LogP contribution in [0.3, 0.4) is 0 Å². The molecular formula is C16H25N5. The molecule has 1 heterocycles. The first-order valence-electron chi connectivity index (χ1n) is 7.88. The fraction of sp³-hybridized carbons (Fsp3) is 0.562. The van der Waals surface area contributed by atoms with E-state index in [0.29, 0.717) is 0 Å². The molecule has 1 aromatic heterocycles. The van der Waals surface area contributed by atoms with E-state index in [1.165, 1.54) is 38.5 Å². The molecule has 0 radical (unpaired) electrons. The van der Waals surface area contributed by atoms with E-state index >= 15 is 0 Å². The third-order valence-electron chi connectivity index (χ3n) is 3.60. The Balaban J connectivity index is 1.78. The van der Waals surface area contributed by atoms with E-state index in [2.05, 4.69) is 39.9 Å².